The number of benzene rings is 1. The number of amides is 1. The number of carboxylic acid groups (broad SMARTS) is 1. The van der Waals surface area contributed by atoms with Crippen LogP contribution in [0.4, 0.5) is 5.95 Å². The first-order valence-corrected chi connectivity index (χ1v) is 14.1. The summed E-state index contributed by atoms with van der Waals surface area (Å²) in [5.74, 6) is -1.11. The van der Waals surface area contributed by atoms with E-state index in [-0.39, 0.29) is 34.8 Å². The number of anilines is 1. The second-order valence-electron chi connectivity index (χ2n) is 11.6. The average Bonchev–Trinajstić information content (AvgIpc) is 2.77. The molecule has 0 aliphatic heterocycles. The first-order valence-electron chi connectivity index (χ1n) is 12.6. The molecule has 1 aromatic carbocycles. The van der Waals surface area contributed by atoms with Crippen LogP contribution in [0.25, 0.3) is 0 Å². The van der Waals surface area contributed by atoms with Crippen LogP contribution >= 0.6 is 0 Å². The molecule has 0 unspecified atom stereocenters. The maximum Gasteiger partial charge on any atom is 0.309 e. The van der Waals surface area contributed by atoms with Gasteiger partial charge >= 0.3 is 5.97 Å². The van der Waals surface area contributed by atoms with E-state index in [0.717, 1.165) is 0 Å². The van der Waals surface area contributed by atoms with Gasteiger partial charge in [0.2, 0.25) is 5.95 Å². The molecule has 0 aliphatic rings. The molecule has 1 amide bonds. The summed E-state index contributed by atoms with van der Waals surface area (Å²) in [4.78, 5) is 32.0. The maximum atomic E-state index is 12.8. The number of rotatable bonds is 14. The Balaban J connectivity index is 2.02. The first kappa shape index (κ1) is 32.0. The number of nitrogens with zero attached hydrogens (tertiary/aromatic N) is 2. The molecule has 0 spiro atoms. The van der Waals surface area contributed by atoms with Crippen molar-refractivity contribution in [3.63, 3.8) is 0 Å². The number of hydrogen-bond donors (Lipinski definition) is 3. The van der Waals surface area contributed by atoms with E-state index in [4.69, 9.17) is 9.47 Å². The highest BCUT2D eigenvalue weighted by atomic mass is 32.2. The number of aromatic nitrogens is 2. The van der Waals surface area contributed by atoms with E-state index >= 15 is 0 Å². The fourth-order valence-corrected chi connectivity index (χ4v) is 4.81. The zero-order valence-electron chi connectivity index (χ0n) is 23.9. The Hall–Kier alpha value is -3.25. The fraction of sp³-hybridized carbons (Fsp3) is 0.556. The number of aliphatic carboxylic acids is 1. The fourth-order valence-electron chi connectivity index (χ4n) is 3.85. The molecule has 12 heteroatoms. The molecule has 1 aromatic heterocycles. The van der Waals surface area contributed by atoms with Crippen molar-refractivity contribution in [2.24, 2.45) is 5.41 Å². The predicted molar refractivity (Wildman–Crippen MR) is 147 cm³/mol. The summed E-state index contributed by atoms with van der Waals surface area (Å²) < 4.78 is 39.4. The minimum atomic E-state index is -4.02. The summed E-state index contributed by atoms with van der Waals surface area (Å²) in [6.45, 7) is 14.9. The van der Waals surface area contributed by atoms with Crippen LogP contribution in [0.5, 0.6) is 5.75 Å². The lowest BCUT2D eigenvalue weighted by atomic mass is 9.82. The molecule has 216 valence electrons. The predicted octanol–water partition coefficient (Wildman–Crippen LogP) is 4.26. The van der Waals surface area contributed by atoms with Crippen molar-refractivity contribution in [3.05, 3.63) is 42.2 Å². The van der Waals surface area contributed by atoms with Crippen LogP contribution in [0.15, 0.2) is 41.6 Å². The van der Waals surface area contributed by atoms with Gasteiger partial charge in [-0.25, -0.2) is 23.1 Å². The Labute approximate surface area is 230 Å². The van der Waals surface area contributed by atoms with Gasteiger partial charge in [-0.3, -0.25) is 9.59 Å². The Morgan fingerprint density at radius 2 is 1.56 bits per heavy atom. The molecule has 0 radical (unpaired) electrons. The van der Waals surface area contributed by atoms with Crippen LogP contribution in [-0.4, -0.2) is 59.2 Å². The van der Waals surface area contributed by atoms with Gasteiger partial charge in [0.15, 0.2) is 0 Å². The molecule has 1 heterocycles. The number of sulfonamides is 1. The molecule has 0 bridgehead atoms. The SMILES string of the molecule is CC(C)OCCC(C)(C)NC(=O)c1cnc(NS(=O)(=O)c2ccc(OC(C)(C)CC(C)(C)C(=O)O)cc2)nc1. The van der Waals surface area contributed by atoms with Crippen molar-refractivity contribution >= 4 is 27.8 Å². The van der Waals surface area contributed by atoms with E-state index in [1.807, 2.05) is 27.7 Å². The number of carbonyl (C=O) groups excluding carboxylic acids is 1. The third-order valence-corrected chi connectivity index (χ3v) is 7.09. The van der Waals surface area contributed by atoms with Gasteiger partial charge in [0.25, 0.3) is 15.9 Å². The molecule has 0 saturated carbocycles. The summed E-state index contributed by atoms with van der Waals surface area (Å²) in [6.07, 6.45) is 3.45. The summed E-state index contributed by atoms with van der Waals surface area (Å²) >= 11 is 0. The Kier molecular flexibility index (Phi) is 10.1. The second-order valence-corrected chi connectivity index (χ2v) is 13.3. The van der Waals surface area contributed by atoms with Gasteiger partial charge in [-0.15, -0.1) is 0 Å². The zero-order chi connectivity index (χ0) is 29.6. The van der Waals surface area contributed by atoms with Gasteiger partial charge in [-0.05, 0) is 86.1 Å². The minimum Gasteiger partial charge on any atom is -0.488 e. The third kappa shape index (κ3) is 10.1. The highest BCUT2D eigenvalue weighted by Gasteiger charge is 2.36. The number of carboxylic acids is 1. The highest BCUT2D eigenvalue weighted by molar-refractivity contribution is 7.92. The first-order chi connectivity index (χ1) is 17.8. The van der Waals surface area contributed by atoms with Gasteiger partial charge in [0.05, 0.1) is 22.0 Å². The van der Waals surface area contributed by atoms with E-state index in [2.05, 4.69) is 20.0 Å². The largest absolute Gasteiger partial charge is 0.488 e. The number of hydrogen-bond acceptors (Lipinski definition) is 8. The molecular formula is C27H40N4O7S. The normalized spacial score (nSPS) is 12.7. The lowest BCUT2D eigenvalue weighted by Gasteiger charge is -2.32. The van der Waals surface area contributed by atoms with Crippen LogP contribution in [0.2, 0.25) is 0 Å². The lowest BCUT2D eigenvalue weighted by Crippen LogP contribution is -2.44. The summed E-state index contributed by atoms with van der Waals surface area (Å²) in [5, 5.41) is 12.3. The number of nitrogens with one attached hydrogen (secondary N) is 2. The number of ether oxygens (including phenoxy) is 2. The molecule has 11 nitrogen and oxygen atoms in total. The lowest BCUT2D eigenvalue weighted by molar-refractivity contribution is -0.149. The van der Waals surface area contributed by atoms with Crippen LogP contribution in [-0.2, 0) is 19.6 Å². The molecule has 2 rings (SSSR count). The zero-order valence-corrected chi connectivity index (χ0v) is 24.7. The van der Waals surface area contributed by atoms with E-state index < -0.39 is 32.5 Å². The topological polar surface area (TPSA) is 157 Å². The summed E-state index contributed by atoms with van der Waals surface area (Å²) in [5.41, 5.74) is -2.14. The van der Waals surface area contributed by atoms with Crippen LogP contribution < -0.4 is 14.8 Å². The van der Waals surface area contributed by atoms with Gasteiger partial charge in [-0.1, -0.05) is 0 Å². The Morgan fingerprint density at radius 3 is 2.08 bits per heavy atom. The Bertz CT molecular complexity index is 1240. The molecule has 39 heavy (non-hydrogen) atoms. The molecule has 3 N–H and O–H groups in total. The smallest absolute Gasteiger partial charge is 0.309 e. The molecule has 2 aromatic rings. The average molecular weight is 565 g/mol. The van der Waals surface area contributed by atoms with Crippen molar-refractivity contribution in [1.29, 1.82) is 0 Å². The molecular weight excluding hydrogens is 524 g/mol. The molecule has 0 atom stereocenters. The third-order valence-electron chi connectivity index (χ3n) is 5.74. The molecule has 0 fully saturated rings. The highest BCUT2D eigenvalue weighted by Crippen LogP contribution is 2.32. The summed E-state index contributed by atoms with van der Waals surface area (Å²) in [6, 6.07) is 5.71. The molecule has 0 aliphatic carbocycles. The van der Waals surface area contributed by atoms with E-state index in [9.17, 15) is 23.1 Å². The van der Waals surface area contributed by atoms with Crippen molar-refractivity contribution < 1.29 is 32.6 Å². The quantitative estimate of drug-likeness (QED) is 0.305. The van der Waals surface area contributed by atoms with Gasteiger partial charge < -0.3 is 19.9 Å². The van der Waals surface area contributed by atoms with Crippen molar-refractivity contribution in [1.82, 2.24) is 15.3 Å². The van der Waals surface area contributed by atoms with E-state index in [0.29, 0.717) is 18.8 Å². The molecule has 0 saturated heterocycles. The van der Waals surface area contributed by atoms with Crippen LogP contribution in [0, 0.1) is 5.41 Å². The van der Waals surface area contributed by atoms with E-state index in [1.165, 1.54) is 36.7 Å². The van der Waals surface area contributed by atoms with Gasteiger partial charge in [0.1, 0.15) is 11.4 Å². The Morgan fingerprint density at radius 1 is 1.00 bits per heavy atom. The van der Waals surface area contributed by atoms with Crippen LogP contribution in [0.1, 0.15) is 78.6 Å². The van der Waals surface area contributed by atoms with E-state index in [1.54, 1.807) is 27.7 Å². The number of carbonyl (C=O) groups is 2. The monoisotopic (exact) mass is 564 g/mol. The second kappa shape index (κ2) is 12.3. The van der Waals surface area contributed by atoms with Gasteiger partial charge in [0, 0.05) is 31.0 Å². The maximum absolute atomic E-state index is 12.8. The minimum absolute atomic E-state index is 0.0469. The van der Waals surface area contributed by atoms with Crippen molar-refractivity contribution in [2.75, 3.05) is 11.3 Å². The standard InChI is InChI=1S/C27H40N4O7S/c1-18(2)37-14-13-26(5,6)30-22(32)19-15-28-24(29-16-19)31-39(35,36)21-11-9-20(10-12-21)38-27(7,8)17-25(3,4)23(33)34/h9-12,15-16,18H,13-14,17H2,1-8H3,(H,30,32)(H,33,34)(H,28,29,31). The van der Waals surface area contributed by atoms with Gasteiger partial charge in [-0.2, -0.15) is 0 Å². The van der Waals surface area contributed by atoms with Crippen molar-refractivity contribution in [2.45, 2.75) is 90.4 Å². The van der Waals surface area contributed by atoms with Crippen LogP contribution in [0.3, 0.4) is 0 Å². The summed E-state index contributed by atoms with van der Waals surface area (Å²) in [7, 11) is -4.02. The van der Waals surface area contributed by atoms with Crippen molar-refractivity contribution in [3.8, 4) is 5.75 Å².